The van der Waals surface area contributed by atoms with Gasteiger partial charge in [0.1, 0.15) is 11.3 Å². The van der Waals surface area contributed by atoms with Crippen LogP contribution in [0.25, 0.3) is 10.9 Å². The molecule has 0 spiro atoms. The van der Waals surface area contributed by atoms with Crippen molar-refractivity contribution in [3.8, 4) is 0 Å². The highest BCUT2D eigenvalue weighted by Gasteiger charge is 2.32. The van der Waals surface area contributed by atoms with Gasteiger partial charge in [-0.1, -0.05) is 11.6 Å². The molecule has 2 amide bonds. The average molecular weight is 393 g/mol. The fraction of sp³-hybridized carbons (Fsp3) is 0.474. The molecule has 1 aliphatic heterocycles. The Kier molecular flexibility index (Phi) is 5.35. The van der Waals surface area contributed by atoms with Gasteiger partial charge in [-0.05, 0) is 51.5 Å². The average Bonchev–Trinajstić information content (AvgIpc) is 2.98. The second-order valence-electron chi connectivity index (χ2n) is 7.87. The van der Waals surface area contributed by atoms with Gasteiger partial charge in [0.2, 0.25) is 0 Å². The van der Waals surface area contributed by atoms with Crippen LogP contribution < -0.4 is 11.1 Å². The highest BCUT2D eigenvalue weighted by Crippen LogP contribution is 2.21. The van der Waals surface area contributed by atoms with Gasteiger partial charge in [-0.25, -0.2) is 4.79 Å². The van der Waals surface area contributed by atoms with Gasteiger partial charge >= 0.3 is 6.09 Å². The minimum absolute atomic E-state index is 0.216. The van der Waals surface area contributed by atoms with Gasteiger partial charge in [0, 0.05) is 41.1 Å². The molecule has 3 rings (SSSR count). The Morgan fingerprint density at radius 2 is 2.07 bits per heavy atom. The summed E-state index contributed by atoms with van der Waals surface area (Å²) in [5.74, 6) is -0.228. The maximum atomic E-state index is 12.6. The lowest BCUT2D eigenvalue weighted by Crippen LogP contribution is -2.59. The number of rotatable bonds is 2. The van der Waals surface area contributed by atoms with Crippen LogP contribution in [0.1, 0.15) is 37.7 Å². The van der Waals surface area contributed by atoms with Crippen LogP contribution in [0.2, 0.25) is 5.02 Å². The summed E-state index contributed by atoms with van der Waals surface area (Å²) in [5, 5.41) is 4.45. The number of ether oxygens (including phenoxy) is 1. The van der Waals surface area contributed by atoms with E-state index in [1.165, 1.54) is 0 Å². The SMILES string of the molecule is CC(C)(C)OC(=O)N1CCC(NC(=O)c2cc3cc(Cl)ccc3[nH]2)C(N)C1. The number of nitrogens with one attached hydrogen (secondary N) is 2. The second-order valence-corrected chi connectivity index (χ2v) is 8.31. The van der Waals surface area contributed by atoms with Crippen molar-refractivity contribution in [1.29, 1.82) is 0 Å². The molecule has 2 atom stereocenters. The number of carbonyl (C=O) groups is 2. The third-order valence-corrected chi connectivity index (χ3v) is 4.69. The zero-order chi connectivity index (χ0) is 19.8. The van der Waals surface area contributed by atoms with Crippen molar-refractivity contribution < 1.29 is 14.3 Å². The van der Waals surface area contributed by atoms with Crippen molar-refractivity contribution >= 4 is 34.5 Å². The summed E-state index contributed by atoms with van der Waals surface area (Å²) in [6, 6.07) is 6.58. The lowest BCUT2D eigenvalue weighted by Gasteiger charge is -2.37. The first-order valence-corrected chi connectivity index (χ1v) is 9.33. The number of aromatic nitrogens is 1. The normalized spacial score (nSPS) is 20.6. The highest BCUT2D eigenvalue weighted by molar-refractivity contribution is 6.31. The standard InChI is InChI=1S/C19H25ClN4O3/c1-19(2,3)27-18(26)24-7-6-15(13(21)10-24)23-17(25)16-9-11-8-12(20)4-5-14(11)22-16/h4-5,8-9,13,15,22H,6-7,10,21H2,1-3H3,(H,23,25). The molecule has 0 radical (unpaired) electrons. The number of likely N-dealkylation sites (tertiary alicyclic amines) is 1. The van der Waals surface area contributed by atoms with E-state index < -0.39 is 5.60 Å². The molecule has 1 fully saturated rings. The van der Waals surface area contributed by atoms with Crippen LogP contribution in [0, 0.1) is 0 Å². The number of hydrogen-bond acceptors (Lipinski definition) is 4. The molecule has 2 unspecified atom stereocenters. The van der Waals surface area contributed by atoms with E-state index in [4.69, 9.17) is 22.1 Å². The predicted octanol–water partition coefficient (Wildman–Crippen LogP) is 2.89. The number of nitrogens with zero attached hydrogens (tertiary/aromatic N) is 1. The summed E-state index contributed by atoms with van der Waals surface area (Å²) in [4.78, 5) is 29.4. The van der Waals surface area contributed by atoms with Gasteiger partial charge in [0.15, 0.2) is 0 Å². The van der Waals surface area contributed by atoms with Gasteiger partial charge in [-0.2, -0.15) is 0 Å². The molecule has 7 nitrogen and oxygen atoms in total. The Bertz CT molecular complexity index is 858. The first-order valence-electron chi connectivity index (χ1n) is 8.95. The van der Waals surface area contributed by atoms with E-state index in [2.05, 4.69) is 10.3 Å². The van der Waals surface area contributed by atoms with Crippen LogP contribution in [0.4, 0.5) is 4.79 Å². The van der Waals surface area contributed by atoms with Gasteiger partial charge < -0.3 is 25.7 Å². The number of halogens is 1. The van der Waals surface area contributed by atoms with Crippen molar-refractivity contribution in [3.63, 3.8) is 0 Å². The zero-order valence-electron chi connectivity index (χ0n) is 15.7. The summed E-state index contributed by atoms with van der Waals surface area (Å²) in [6.07, 6.45) is 0.188. The summed E-state index contributed by atoms with van der Waals surface area (Å²) >= 11 is 5.99. The van der Waals surface area contributed by atoms with Crippen LogP contribution in [0.3, 0.4) is 0 Å². The van der Waals surface area contributed by atoms with E-state index in [1.54, 1.807) is 23.1 Å². The van der Waals surface area contributed by atoms with Gasteiger partial charge in [-0.15, -0.1) is 0 Å². The molecule has 0 saturated carbocycles. The molecule has 2 aromatic rings. The molecular weight excluding hydrogens is 368 g/mol. The Morgan fingerprint density at radius 1 is 1.33 bits per heavy atom. The van der Waals surface area contributed by atoms with Crippen molar-refractivity contribution in [2.24, 2.45) is 5.73 Å². The van der Waals surface area contributed by atoms with Gasteiger partial charge in [0.05, 0.1) is 0 Å². The van der Waals surface area contributed by atoms with Crippen LogP contribution in [-0.4, -0.2) is 52.7 Å². The largest absolute Gasteiger partial charge is 0.444 e. The van der Waals surface area contributed by atoms with E-state index in [1.807, 2.05) is 26.8 Å². The van der Waals surface area contributed by atoms with Crippen molar-refractivity contribution in [3.05, 3.63) is 35.0 Å². The number of benzene rings is 1. The molecule has 1 saturated heterocycles. The molecule has 27 heavy (non-hydrogen) atoms. The number of nitrogens with two attached hydrogens (primary N) is 1. The molecule has 1 aromatic heterocycles. The zero-order valence-corrected chi connectivity index (χ0v) is 16.5. The number of aromatic amines is 1. The Hall–Kier alpha value is -2.25. The maximum absolute atomic E-state index is 12.6. The second kappa shape index (κ2) is 7.40. The maximum Gasteiger partial charge on any atom is 0.410 e. The fourth-order valence-electron chi connectivity index (χ4n) is 3.13. The molecular formula is C19H25ClN4O3. The minimum atomic E-state index is -0.551. The van der Waals surface area contributed by atoms with Crippen LogP contribution in [-0.2, 0) is 4.74 Å². The number of amides is 2. The van der Waals surface area contributed by atoms with E-state index in [0.717, 1.165) is 10.9 Å². The summed E-state index contributed by atoms with van der Waals surface area (Å²) < 4.78 is 5.38. The third-order valence-electron chi connectivity index (χ3n) is 4.45. The highest BCUT2D eigenvalue weighted by atomic mass is 35.5. The fourth-order valence-corrected chi connectivity index (χ4v) is 3.31. The van der Waals surface area contributed by atoms with Crippen molar-refractivity contribution in [2.75, 3.05) is 13.1 Å². The topological polar surface area (TPSA) is 100 Å². The number of fused-ring (bicyclic) bond motifs is 1. The molecule has 4 N–H and O–H groups in total. The molecule has 1 aromatic carbocycles. The molecule has 146 valence electrons. The molecule has 8 heteroatoms. The lowest BCUT2D eigenvalue weighted by molar-refractivity contribution is 0.0179. The molecule has 2 heterocycles. The van der Waals surface area contributed by atoms with E-state index >= 15 is 0 Å². The smallest absolute Gasteiger partial charge is 0.410 e. The van der Waals surface area contributed by atoms with Gasteiger partial charge in [-0.3, -0.25) is 4.79 Å². The van der Waals surface area contributed by atoms with Crippen molar-refractivity contribution in [2.45, 2.75) is 44.9 Å². The molecule has 1 aliphatic rings. The number of carbonyl (C=O) groups excluding carboxylic acids is 2. The number of hydrogen-bond donors (Lipinski definition) is 3. The minimum Gasteiger partial charge on any atom is -0.444 e. The number of piperidine rings is 1. The first kappa shape index (κ1) is 19.5. The van der Waals surface area contributed by atoms with Crippen LogP contribution in [0.15, 0.2) is 24.3 Å². The predicted molar refractivity (Wildman–Crippen MR) is 105 cm³/mol. The Labute approximate surface area is 163 Å². The summed E-state index contributed by atoms with van der Waals surface area (Å²) in [7, 11) is 0. The number of H-pyrrole nitrogens is 1. The van der Waals surface area contributed by atoms with E-state index in [0.29, 0.717) is 30.2 Å². The summed E-state index contributed by atoms with van der Waals surface area (Å²) in [5.41, 5.74) is 6.94. The Morgan fingerprint density at radius 3 is 2.74 bits per heavy atom. The van der Waals surface area contributed by atoms with Gasteiger partial charge in [0.25, 0.3) is 5.91 Å². The third kappa shape index (κ3) is 4.73. The van der Waals surface area contributed by atoms with Crippen LogP contribution in [0.5, 0.6) is 0 Å². The van der Waals surface area contributed by atoms with E-state index in [-0.39, 0.29) is 24.1 Å². The van der Waals surface area contributed by atoms with Crippen molar-refractivity contribution in [1.82, 2.24) is 15.2 Å². The lowest BCUT2D eigenvalue weighted by atomic mass is 10.00. The van der Waals surface area contributed by atoms with E-state index in [9.17, 15) is 9.59 Å². The first-order chi connectivity index (χ1) is 12.6. The van der Waals surface area contributed by atoms with Crippen LogP contribution >= 0.6 is 11.6 Å². The molecule has 0 aliphatic carbocycles. The quantitative estimate of drug-likeness (QED) is 0.731. The Balaban J connectivity index is 1.61. The molecule has 0 bridgehead atoms. The monoisotopic (exact) mass is 392 g/mol. The summed E-state index contributed by atoms with van der Waals surface area (Å²) in [6.45, 7) is 6.29.